The van der Waals surface area contributed by atoms with E-state index in [1.165, 1.54) is 0 Å². The number of benzene rings is 1. The van der Waals surface area contributed by atoms with Gasteiger partial charge in [0, 0.05) is 6.04 Å². The first-order chi connectivity index (χ1) is 9.60. The SMILES string of the molecule is COc1cccc(C2NC(C)C(=O)N2C2CC(C)C2)c1. The molecule has 1 saturated carbocycles. The minimum atomic E-state index is -0.109. The highest BCUT2D eigenvalue weighted by Gasteiger charge is 2.44. The predicted molar refractivity (Wildman–Crippen MR) is 77.4 cm³/mol. The van der Waals surface area contributed by atoms with Gasteiger partial charge in [-0.1, -0.05) is 19.1 Å². The molecule has 1 N–H and O–H groups in total. The zero-order valence-corrected chi connectivity index (χ0v) is 12.3. The Labute approximate surface area is 120 Å². The number of amides is 1. The summed E-state index contributed by atoms with van der Waals surface area (Å²) in [6, 6.07) is 8.25. The third-order valence-corrected chi connectivity index (χ3v) is 4.46. The number of nitrogens with zero attached hydrogens (tertiary/aromatic N) is 1. The van der Waals surface area contributed by atoms with Gasteiger partial charge in [-0.15, -0.1) is 0 Å². The van der Waals surface area contributed by atoms with Crippen LogP contribution in [-0.2, 0) is 4.79 Å². The molecule has 1 aromatic rings. The summed E-state index contributed by atoms with van der Waals surface area (Å²) in [5.41, 5.74) is 1.10. The number of carbonyl (C=O) groups is 1. The van der Waals surface area contributed by atoms with Crippen LogP contribution in [0.4, 0.5) is 0 Å². The van der Waals surface area contributed by atoms with Gasteiger partial charge in [-0.05, 0) is 43.4 Å². The van der Waals surface area contributed by atoms with Crippen LogP contribution < -0.4 is 10.1 Å². The quantitative estimate of drug-likeness (QED) is 0.919. The largest absolute Gasteiger partial charge is 0.497 e. The van der Waals surface area contributed by atoms with Crippen molar-refractivity contribution in [1.82, 2.24) is 10.2 Å². The van der Waals surface area contributed by atoms with Crippen molar-refractivity contribution in [2.75, 3.05) is 7.11 Å². The van der Waals surface area contributed by atoms with Crippen LogP contribution in [0.2, 0.25) is 0 Å². The maximum Gasteiger partial charge on any atom is 0.241 e. The highest BCUT2D eigenvalue weighted by atomic mass is 16.5. The summed E-state index contributed by atoms with van der Waals surface area (Å²) in [6.45, 7) is 4.19. The zero-order chi connectivity index (χ0) is 14.3. The fraction of sp³-hybridized carbons (Fsp3) is 0.562. The third-order valence-electron chi connectivity index (χ3n) is 4.46. The molecule has 0 bridgehead atoms. The summed E-state index contributed by atoms with van der Waals surface area (Å²) in [4.78, 5) is 14.5. The lowest BCUT2D eigenvalue weighted by atomic mass is 9.80. The Kier molecular flexibility index (Phi) is 3.42. The van der Waals surface area contributed by atoms with E-state index in [9.17, 15) is 4.79 Å². The second kappa shape index (κ2) is 5.09. The van der Waals surface area contributed by atoms with Crippen molar-refractivity contribution in [1.29, 1.82) is 0 Å². The number of rotatable bonds is 3. The third kappa shape index (κ3) is 2.18. The van der Waals surface area contributed by atoms with E-state index in [0.29, 0.717) is 6.04 Å². The number of hydrogen-bond donors (Lipinski definition) is 1. The van der Waals surface area contributed by atoms with E-state index in [4.69, 9.17) is 4.74 Å². The predicted octanol–water partition coefficient (Wildman–Crippen LogP) is 2.31. The van der Waals surface area contributed by atoms with E-state index in [-0.39, 0.29) is 18.1 Å². The summed E-state index contributed by atoms with van der Waals surface area (Å²) in [5, 5.41) is 3.41. The van der Waals surface area contributed by atoms with Crippen molar-refractivity contribution in [2.24, 2.45) is 5.92 Å². The van der Waals surface area contributed by atoms with Crippen LogP contribution in [-0.4, -0.2) is 30.0 Å². The molecule has 1 aliphatic heterocycles. The lowest BCUT2D eigenvalue weighted by Gasteiger charge is -2.42. The molecular weight excluding hydrogens is 252 g/mol. The van der Waals surface area contributed by atoms with E-state index >= 15 is 0 Å². The molecule has 2 atom stereocenters. The molecule has 1 aliphatic carbocycles. The molecule has 4 heteroatoms. The maximum atomic E-state index is 12.4. The lowest BCUT2D eigenvalue weighted by Crippen LogP contribution is -2.46. The van der Waals surface area contributed by atoms with Gasteiger partial charge in [-0.3, -0.25) is 10.1 Å². The number of ether oxygens (including phenoxy) is 1. The van der Waals surface area contributed by atoms with Crippen molar-refractivity contribution in [2.45, 2.75) is 44.9 Å². The van der Waals surface area contributed by atoms with Crippen LogP contribution >= 0.6 is 0 Å². The van der Waals surface area contributed by atoms with E-state index in [1.54, 1.807) is 7.11 Å². The average Bonchev–Trinajstić information content (AvgIpc) is 2.72. The molecule has 3 rings (SSSR count). The van der Waals surface area contributed by atoms with Crippen molar-refractivity contribution >= 4 is 5.91 Å². The van der Waals surface area contributed by atoms with Gasteiger partial charge in [0.25, 0.3) is 0 Å². The summed E-state index contributed by atoms with van der Waals surface area (Å²) in [6.07, 6.45) is 2.20. The van der Waals surface area contributed by atoms with E-state index in [0.717, 1.165) is 30.1 Å². The molecule has 1 saturated heterocycles. The summed E-state index contributed by atoms with van der Waals surface area (Å²) in [7, 11) is 1.67. The molecule has 0 radical (unpaired) electrons. The first kappa shape index (κ1) is 13.4. The molecule has 2 aliphatic rings. The zero-order valence-electron chi connectivity index (χ0n) is 12.3. The molecule has 108 valence electrons. The smallest absolute Gasteiger partial charge is 0.241 e. The van der Waals surface area contributed by atoms with Gasteiger partial charge < -0.3 is 9.64 Å². The average molecular weight is 274 g/mol. The molecule has 2 unspecified atom stereocenters. The molecule has 1 amide bonds. The minimum absolute atomic E-state index is 0.0231. The summed E-state index contributed by atoms with van der Waals surface area (Å²) < 4.78 is 5.29. The molecule has 4 nitrogen and oxygen atoms in total. The lowest BCUT2D eigenvalue weighted by molar-refractivity contribution is -0.134. The second-order valence-corrected chi connectivity index (χ2v) is 6.04. The van der Waals surface area contributed by atoms with Crippen LogP contribution in [0.5, 0.6) is 5.75 Å². The number of carbonyl (C=O) groups excluding carboxylic acids is 1. The number of hydrogen-bond acceptors (Lipinski definition) is 3. The fourth-order valence-electron chi connectivity index (χ4n) is 3.29. The highest BCUT2D eigenvalue weighted by Crippen LogP contribution is 2.38. The van der Waals surface area contributed by atoms with Crippen molar-refractivity contribution in [3.05, 3.63) is 29.8 Å². The Hall–Kier alpha value is -1.55. The normalized spacial score (nSPS) is 33.1. The molecule has 1 heterocycles. The van der Waals surface area contributed by atoms with Crippen LogP contribution in [0.1, 0.15) is 38.4 Å². The van der Waals surface area contributed by atoms with Gasteiger partial charge in [0.05, 0.1) is 13.2 Å². The van der Waals surface area contributed by atoms with Gasteiger partial charge >= 0.3 is 0 Å². The van der Waals surface area contributed by atoms with Crippen molar-refractivity contribution in [3.63, 3.8) is 0 Å². The Bertz CT molecular complexity index is 511. The molecule has 0 aromatic heterocycles. The molecular formula is C16H22N2O2. The molecule has 2 fully saturated rings. The van der Waals surface area contributed by atoms with Crippen LogP contribution in [0.25, 0.3) is 0 Å². The molecule has 0 spiro atoms. The minimum Gasteiger partial charge on any atom is -0.497 e. The van der Waals surface area contributed by atoms with Crippen LogP contribution in [0.3, 0.4) is 0 Å². The topological polar surface area (TPSA) is 41.6 Å². The van der Waals surface area contributed by atoms with Crippen LogP contribution in [0.15, 0.2) is 24.3 Å². The Balaban J connectivity index is 1.87. The standard InChI is InChI=1S/C16H22N2O2/c1-10-7-13(8-10)18-15(17-11(2)16(18)19)12-5-4-6-14(9-12)20-3/h4-6,9-11,13,15,17H,7-8H2,1-3H3. The van der Waals surface area contributed by atoms with Gasteiger partial charge in [-0.2, -0.15) is 0 Å². The summed E-state index contributed by atoms with van der Waals surface area (Å²) in [5.74, 6) is 1.78. The Morgan fingerprint density at radius 1 is 1.30 bits per heavy atom. The van der Waals surface area contributed by atoms with Gasteiger partial charge in [-0.25, -0.2) is 0 Å². The molecule has 20 heavy (non-hydrogen) atoms. The Morgan fingerprint density at radius 3 is 2.70 bits per heavy atom. The highest BCUT2D eigenvalue weighted by molar-refractivity contribution is 5.84. The second-order valence-electron chi connectivity index (χ2n) is 6.04. The number of methoxy groups -OCH3 is 1. The van der Waals surface area contributed by atoms with E-state index < -0.39 is 0 Å². The first-order valence-electron chi connectivity index (χ1n) is 7.32. The summed E-state index contributed by atoms with van der Waals surface area (Å²) >= 11 is 0. The van der Waals surface area contributed by atoms with Crippen LogP contribution in [0, 0.1) is 5.92 Å². The van der Waals surface area contributed by atoms with Crippen molar-refractivity contribution < 1.29 is 9.53 Å². The maximum absolute atomic E-state index is 12.4. The van der Waals surface area contributed by atoms with Gasteiger partial charge in [0.2, 0.25) is 5.91 Å². The number of nitrogens with one attached hydrogen (secondary N) is 1. The monoisotopic (exact) mass is 274 g/mol. The van der Waals surface area contributed by atoms with E-state index in [2.05, 4.69) is 18.3 Å². The van der Waals surface area contributed by atoms with Gasteiger partial charge in [0.15, 0.2) is 0 Å². The van der Waals surface area contributed by atoms with Crippen molar-refractivity contribution in [3.8, 4) is 5.75 Å². The fourth-order valence-corrected chi connectivity index (χ4v) is 3.29. The first-order valence-corrected chi connectivity index (χ1v) is 7.32. The Morgan fingerprint density at radius 2 is 2.05 bits per heavy atom. The molecule has 1 aromatic carbocycles. The van der Waals surface area contributed by atoms with Gasteiger partial charge in [0.1, 0.15) is 11.9 Å². The van der Waals surface area contributed by atoms with E-state index in [1.807, 2.05) is 30.0 Å².